The molecule has 2 aliphatic rings. The first-order valence-electron chi connectivity index (χ1n) is 7.07. The van der Waals surface area contributed by atoms with E-state index in [9.17, 15) is 50.4 Å². The average molecular weight is 394 g/mol. The maximum atomic E-state index is 11.8. The van der Waals surface area contributed by atoms with Gasteiger partial charge in [-0.25, -0.2) is 9.59 Å². The van der Waals surface area contributed by atoms with Gasteiger partial charge in [-0.1, -0.05) is 0 Å². The molecule has 0 saturated carbocycles. The minimum atomic E-state index is -2.06. The van der Waals surface area contributed by atoms with Crippen LogP contribution in [0.2, 0.25) is 0 Å². The van der Waals surface area contributed by atoms with Crippen LogP contribution in [0.3, 0.4) is 0 Å². The summed E-state index contributed by atoms with van der Waals surface area (Å²) >= 11 is 0. The van der Waals surface area contributed by atoms with Crippen molar-refractivity contribution in [3.8, 4) is 0 Å². The Bertz CT molecular complexity index is 473. The Morgan fingerprint density at radius 2 is 0.885 bits per heavy atom. The van der Waals surface area contributed by atoms with E-state index in [1.54, 1.807) is 0 Å². The zero-order valence-corrected chi connectivity index (χ0v) is 12.4. The van der Waals surface area contributed by atoms with Crippen LogP contribution < -0.4 is 0 Å². The number of carbonyl (C=O) groups is 2. The van der Waals surface area contributed by atoms with Gasteiger partial charge in [-0.2, -0.15) is 0 Å². The Kier molecular flexibility index (Phi) is 8.50. The molecule has 0 aromatic carbocycles. The van der Waals surface area contributed by atoms with E-state index in [4.69, 9.17) is 0 Å². The molecule has 0 aromatic rings. The second-order valence-corrected chi connectivity index (χ2v) is 5.58. The van der Waals surface area contributed by atoms with E-state index in [2.05, 4.69) is 14.2 Å². The first kappa shape index (κ1) is 23.8. The van der Waals surface area contributed by atoms with Crippen LogP contribution in [0.5, 0.6) is 0 Å². The van der Waals surface area contributed by atoms with E-state index in [-0.39, 0.29) is 29.6 Å². The summed E-state index contributed by atoms with van der Waals surface area (Å²) in [5.74, 6) is -3.21. The quantitative estimate of drug-likeness (QED) is 0.124. The summed E-state index contributed by atoms with van der Waals surface area (Å²) in [5.41, 5.74) is 0. The molecule has 2 fully saturated rings. The van der Waals surface area contributed by atoms with Gasteiger partial charge in [0.25, 0.3) is 0 Å². The number of carbonyl (C=O) groups excluding carboxylic acids is 2. The maximum absolute atomic E-state index is 11.8. The molecule has 0 amide bonds. The SMILES string of the molecule is O=C(OC(=O)[C@H]1O[C@@H](O)[C@H](O)[C@@H](O)[C@@H]1O)[C@H]1O[C@@H](O)[C@H](O)[C@@H](O)[C@@H]1O.[NaH]. The van der Waals surface area contributed by atoms with E-state index in [0.717, 1.165) is 0 Å². The topological polar surface area (TPSA) is 224 Å². The normalized spacial score (nSPS) is 46.2. The van der Waals surface area contributed by atoms with Gasteiger partial charge in [0.05, 0.1) is 0 Å². The number of aliphatic hydroxyl groups excluding tert-OH is 8. The molecule has 2 saturated heterocycles. The average Bonchev–Trinajstić information content (AvgIpc) is 2.57. The van der Waals surface area contributed by atoms with Crippen LogP contribution in [0.4, 0.5) is 0 Å². The number of ether oxygens (including phenoxy) is 3. The molecule has 0 unspecified atom stereocenters. The summed E-state index contributed by atoms with van der Waals surface area (Å²) in [7, 11) is 0. The number of hydrogen-bond acceptors (Lipinski definition) is 13. The molecule has 0 radical (unpaired) electrons. The van der Waals surface area contributed by atoms with Crippen LogP contribution in [0, 0.1) is 0 Å². The van der Waals surface area contributed by atoms with Crippen molar-refractivity contribution < 1.29 is 64.7 Å². The van der Waals surface area contributed by atoms with Crippen LogP contribution in [0.1, 0.15) is 0 Å². The van der Waals surface area contributed by atoms with Crippen molar-refractivity contribution in [2.75, 3.05) is 0 Å². The molecule has 0 aromatic heterocycles. The number of hydrogen-bond donors (Lipinski definition) is 8. The summed E-state index contributed by atoms with van der Waals surface area (Å²) in [6.45, 7) is 0. The number of rotatable bonds is 2. The summed E-state index contributed by atoms with van der Waals surface area (Å²) < 4.78 is 13.4. The Morgan fingerprint density at radius 3 is 1.19 bits per heavy atom. The zero-order chi connectivity index (χ0) is 19.0. The molecule has 2 heterocycles. The molecule has 26 heavy (non-hydrogen) atoms. The van der Waals surface area contributed by atoms with Crippen molar-refractivity contribution in [1.29, 1.82) is 0 Å². The predicted molar refractivity (Wildman–Crippen MR) is 76.0 cm³/mol. The molecule has 0 spiro atoms. The van der Waals surface area contributed by atoms with E-state index in [0.29, 0.717) is 0 Å². The Labute approximate surface area is 167 Å². The molecule has 0 aliphatic carbocycles. The second kappa shape index (κ2) is 9.29. The standard InChI is InChI=1S/C12H18O13.Na.H/c13-1-3(15)7(23-9(19)5(1)17)11(21)25-12(22)8-4(16)2(14)6(18)10(20)24-8;;/h1-10,13-20H;;/t1-,2-,3-,4-,5+,6+,7-,8-,9+,10+;;/m0../s1. The van der Waals surface area contributed by atoms with Gasteiger partial charge in [0, 0.05) is 0 Å². The van der Waals surface area contributed by atoms with Gasteiger partial charge in [-0.3, -0.25) is 0 Å². The summed E-state index contributed by atoms with van der Waals surface area (Å²) in [6.07, 6.45) is -20.1. The third kappa shape index (κ3) is 4.59. The summed E-state index contributed by atoms with van der Waals surface area (Å²) in [5, 5.41) is 75.4. The van der Waals surface area contributed by atoms with Crippen molar-refractivity contribution in [2.24, 2.45) is 0 Å². The van der Waals surface area contributed by atoms with Crippen LogP contribution in [0.25, 0.3) is 0 Å². The molecule has 10 atom stereocenters. The van der Waals surface area contributed by atoms with Crippen molar-refractivity contribution in [3.63, 3.8) is 0 Å². The van der Waals surface area contributed by atoms with Crippen LogP contribution >= 0.6 is 0 Å². The van der Waals surface area contributed by atoms with Crippen molar-refractivity contribution in [1.82, 2.24) is 0 Å². The van der Waals surface area contributed by atoms with Gasteiger partial charge in [0.15, 0.2) is 24.8 Å². The molecular formula is C12H19NaO13. The van der Waals surface area contributed by atoms with E-state index >= 15 is 0 Å². The zero-order valence-electron chi connectivity index (χ0n) is 12.4. The van der Waals surface area contributed by atoms with Crippen LogP contribution in [0.15, 0.2) is 0 Å². The van der Waals surface area contributed by atoms with Gasteiger partial charge < -0.3 is 55.1 Å². The third-order valence-corrected chi connectivity index (χ3v) is 3.84. The van der Waals surface area contributed by atoms with Crippen LogP contribution in [-0.2, 0) is 23.8 Å². The molecule has 0 bridgehead atoms. The van der Waals surface area contributed by atoms with E-state index in [1.165, 1.54) is 0 Å². The molecule has 2 rings (SSSR count). The summed E-state index contributed by atoms with van der Waals surface area (Å²) in [6, 6.07) is 0. The fourth-order valence-electron chi connectivity index (χ4n) is 2.33. The first-order valence-corrected chi connectivity index (χ1v) is 7.07. The Balaban J connectivity index is 0.00000338. The molecule has 8 N–H and O–H groups in total. The second-order valence-electron chi connectivity index (χ2n) is 5.58. The Morgan fingerprint density at radius 1 is 0.577 bits per heavy atom. The van der Waals surface area contributed by atoms with Gasteiger partial charge in [0.2, 0.25) is 0 Å². The monoisotopic (exact) mass is 394 g/mol. The van der Waals surface area contributed by atoms with Crippen molar-refractivity contribution >= 4 is 41.5 Å². The fraction of sp³-hybridized carbons (Fsp3) is 0.833. The van der Waals surface area contributed by atoms with E-state index < -0.39 is 73.4 Å². The fourth-order valence-corrected chi connectivity index (χ4v) is 2.33. The van der Waals surface area contributed by atoms with Gasteiger partial charge in [-0.05, 0) is 0 Å². The van der Waals surface area contributed by atoms with Gasteiger partial charge >= 0.3 is 41.5 Å². The van der Waals surface area contributed by atoms with Crippen molar-refractivity contribution in [2.45, 2.75) is 61.4 Å². The molecule has 146 valence electrons. The number of esters is 2. The third-order valence-electron chi connectivity index (χ3n) is 3.84. The van der Waals surface area contributed by atoms with E-state index in [1.807, 2.05) is 0 Å². The van der Waals surface area contributed by atoms with Gasteiger partial charge in [0.1, 0.15) is 36.6 Å². The minimum absolute atomic E-state index is 0. The predicted octanol–water partition coefficient (Wildman–Crippen LogP) is -6.99. The van der Waals surface area contributed by atoms with Crippen molar-refractivity contribution in [3.05, 3.63) is 0 Å². The molecule has 13 nitrogen and oxygen atoms in total. The molecule has 2 aliphatic heterocycles. The Hall–Kier alpha value is -0.260. The number of aliphatic hydroxyl groups is 8. The summed E-state index contributed by atoms with van der Waals surface area (Å²) in [4.78, 5) is 23.7. The van der Waals surface area contributed by atoms with Gasteiger partial charge in [-0.15, -0.1) is 0 Å². The van der Waals surface area contributed by atoms with Crippen LogP contribution in [-0.4, -0.2) is 144 Å². The molecular weight excluding hydrogens is 375 g/mol. The molecule has 14 heteroatoms. The first-order chi connectivity index (χ1) is 11.6.